The maximum Gasteiger partial charge on any atom is 0.138 e. The van der Waals surface area contributed by atoms with Crippen molar-refractivity contribution in [2.75, 3.05) is 0 Å². The summed E-state index contributed by atoms with van der Waals surface area (Å²) in [5.74, 6) is 0.753. The summed E-state index contributed by atoms with van der Waals surface area (Å²) in [5, 5.41) is 0. The molecule has 3 heteroatoms. The fraction of sp³-hybridized carbons (Fsp3) is 0.389. The lowest BCUT2D eigenvalue weighted by molar-refractivity contribution is 0.241. The van der Waals surface area contributed by atoms with Gasteiger partial charge in [-0.2, -0.15) is 0 Å². The number of pyridine rings is 1. The van der Waals surface area contributed by atoms with Gasteiger partial charge in [0, 0.05) is 6.20 Å². The monoisotopic (exact) mass is 284 g/mol. The van der Waals surface area contributed by atoms with Crippen molar-refractivity contribution < 1.29 is 4.74 Å². The van der Waals surface area contributed by atoms with Crippen LogP contribution in [0.4, 0.5) is 0 Å². The Hall–Kier alpha value is -1.87. The molecule has 0 aliphatic rings. The van der Waals surface area contributed by atoms with Crippen LogP contribution in [-0.4, -0.2) is 11.1 Å². The van der Waals surface area contributed by atoms with Gasteiger partial charge >= 0.3 is 0 Å². The van der Waals surface area contributed by atoms with Gasteiger partial charge in [-0.3, -0.25) is 4.98 Å². The summed E-state index contributed by atoms with van der Waals surface area (Å²) in [4.78, 5) is 4.26. The number of nitrogens with zero attached hydrogens (tertiary/aromatic N) is 1. The highest BCUT2D eigenvalue weighted by Crippen LogP contribution is 2.29. The van der Waals surface area contributed by atoms with Gasteiger partial charge in [0.1, 0.15) is 5.75 Å². The molecule has 1 atom stereocenters. The van der Waals surface area contributed by atoms with Crippen molar-refractivity contribution in [1.82, 2.24) is 4.98 Å². The van der Waals surface area contributed by atoms with E-state index in [0.29, 0.717) is 0 Å². The van der Waals surface area contributed by atoms with Crippen molar-refractivity contribution in [3.63, 3.8) is 0 Å². The minimum Gasteiger partial charge on any atom is -0.489 e. The molecule has 2 rings (SSSR count). The first-order chi connectivity index (χ1) is 9.80. The third-order valence-electron chi connectivity index (χ3n) is 3.79. The summed E-state index contributed by atoms with van der Waals surface area (Å²) in [7, 11) is 0. The Labute approximate surface area is 127 Å². The lowest BCUT2D eigenvalue weighted by Crippen LogP contribution is -2.34. The van der Waals surface area contributed by atoms with Crippen molar-refractivity contribution >= 4 is 0 Å². The first kappa shape index (κ1) is 15.5. The Morgan fingerprint density at radius 1 is 1.05 bits per heavy atom. The molecule has 0 saturated carbocycles. The molecule has 0 spiro atoms. The zero-order chi connectivity index (χ0) is 15.6. The molecule has 1 unspecified atom stereocenters. The van der Waals surface area contributed by atoms with Crippen LogP contribution in [0.5, 0.6) is 5.75 Å². The molecule has 21 heavy (non-hydrogen) atoms. The van der Waals surface area contributed by atoms with E-state index in [2.05, 4.69) is 37.0 Å². The minimum absolute atomic E-state index is 0.118. The van der Waals surface area contributed by atoms with Gasteiger partial charge in [0.15, 0.2) is 0 Å². The van der Waals surface area contributed by atoms with Crippen LogP contribution in [0, 0.1) is 13.8 Å². The topological polar surface area (TPSA) is 48.1 Å². The predicted octanol–water partition coefficient (Wildman–Crippen LogP) is 3.71. The lowest BCUT2D eigenvalue weighted by atomic mass is 9.85. The minimum atomic E-state index is -0.595. The fourth-order valence-corrected chi connectivity index (χ4v) is 2.27. The largest absolute Gasteiger partial charge is 0.489 e. The maximum atomic E-state index is 6.58. The second-order valence-corrected chi connectivity index (χ2v) is 6.08. The van der Waals surface area contributed by atoms with Gasteiger partial charge in [0.05, 0.1) is 17.8 Å². The quantitative estimate of drug-likeness (QED) is 0.931. The van der Waals surface area contributed by atoms with E-state index in [0.717, 1.165) is 16.9 Å². The van der Waals surface area contributed by atoms with Crippen LogP contribution in [0.3, 0.4) is 0 Å². The summed E-state index contributed by atoms with van der Waals surface area (Å²) in [6, 6.07) is 8.31. The highest BCUT2D eigenvalue weighted by atomic mass is 16.5. The van der Waals surface area contributed by atoms with E-state index in [1.165, 1.54) is 11.1 Å². The fourth-order valence-electron chi connectivity index (χ4n) is 2.27. The number of benzene rings is 1. The van der Waals surface area contributed by atoms with Crippen LogP contribution in [0.25, 0.3) is 0 Å². The normalized spacial score (nSPS) is 14.0. The smallest absolute Gasteiger partial charge is 0.138 e. The zero-order valence-corrected chi connectivity index (χ0v) is 13.5. The van der Waals surface area contributed by atoms with Gasteiger partial charge < -0.3 is 10.5 Å². The van der Waals surface area contributed by atoms with E-state index < -0.39 is 5.54 Å². The van der Waals surface area contributed by atoms with Crippen molar-refractivity contribution in [2.45, 2.75) is 46.3 Å². The molecule has 3 nitrogen and oxygen atoms in total. The van der Waals surface area contributed by atoms with E-state index in [1.54, 1.807) is 6.20 Å². The van der Waals surface area contributed by atoms with Crippen LogP contribution >= 0.6 is 0 Å². The molecule has 1 aromatic carbocycles. The second kappa shape index (κ2) is 5.86. The Bertz CT molecular complexity index is 633. The number of aryl methyl sites for hydroxylation is 2. The van der Waals surface area contributed by atoms with Gasteiger partial charge in [-0.25, -0.2) is 0 Å². The van der Waals surface area contributed by atoms with Gasteiger partial charge in [-0.05, 0) is 62.9 Å². The Balaban J connectivity index is 2.40. The van der Waals surface area contributed by atoms with Crippen LogP contribution in [0.2, 0.25) is 0 Å². The molecule has 2 N–H and O–H groups in total. The molecule has 1 heterocycles. The van der Waals surface area contributed by atoms with Crippen LogP contribution in [-0.2, 0) is 5.54 Å². The Morgan fingerprint density at radius 2 is 1.76 bits per heavy atom. The number of rotatable bonds is 4. The van der Waals surface area contributed by atoms with Crippen molar-refractivity contribution in [3.8, 4) is 5.75 Å². The van der Waals surface area contributed by atoms with Crippen molar-refractivity contribution in [3.05, 3.63) is 58.9 Å². The SMILES string of the molecule is Cc1ccc(C(C)(N)c2cncc(OC(C)C)c2)cc1C. The van der Waals surface area contributed by atoms with E-state index in [1.807, 2.05) is 33.0 Å². The molecule has 0 bridgehead atoms. The summed E-state index contributed by atoms with van der Waals surface area (Å²) >= 11 is 0. The average molecular weight is 284 g/mol. The molecular weight excluding hydrogens is 260 g/mol. The van der Waals surface area contributed by atoms with Gasteiger partial charge in [0.25, 0.3) is 0 Å². The van der Waals surface area contributed by atoms with E-state index in [9.17, 15) is 0 Å². The van der Waals surface area contributed by atoms with Crippen LogP contribution in [0.15, 0.2) is 36.7 Å². The molecule has 0 saturated heterocycles. The molecule has 2 aromatic rings. The summed E-state index contributed by atoms with van der Waals surface area (Å²) in [5.41, 5.74) is 10.5. The average Bonchev–Trinajstić information content (AvgIpc) is 2.41. The molecular formula is C18H24N2O. The van der Waals surface area contributed by atoms with Crippen molar-refractivity contribution in [1.29, 1.82) is 0 Å². The van der Waals surface area contributed by atoms with Crippen LogP contribution < -0.4 is 10.5 Å². The summed E-state index contributed by atoms with van der Waals surface area (Å²) in [6.45, 7) is 10.2. The molecule has 112 valence electrons. The van der Waals surface area contributed by atoms with E-state index >= 15 is 0 Å². The number of nitrogens with two attached hydrogens (primary N) is 1. The third-order valence-corrected chi connectivity index (χ3v) is 3.79. The lowest BCUT2D eigenvalue weighted by Gasteiger charge is -2.27. The summed E-state index contributed by atoms with van der Waals surface area (Å²) < 4.78 is 5.71. The number of ether oxygens (including phenoxy) is 1. The molecule has 0 aliphatic heterocycles. The van der Waals surface area contributed by atoms with Gasteiger partial charge in [-0.15, -0.1) is 0 Å². The molecule has 0 aliphatic carbocycles. The molecule has 0 amide bonds. The zero-order valence-electron chi connectivity index (χ0n) is 13.5. The Morgan fingerprint density at radius 3 is 2.38 bits per heavy atom. The summed E-state index contributed by atoms with van der Waals surface area (Å²) in [6.07, 6.45) is 3.65. The number of hydrogen-bond donors (Lipinski definition) is 1. The predicted molar refractivity (Wildman–Crippen MR) is 86.6 cm³/mol. The van der Waals surface area contributed by atoms with E-state index in [-0.39, 0.29) is 6.10 Å². The standard InChI is InChI=1S/C18H24N2O/c1-12(2)21-17-9-16(10-20-11-17)18(5,19)15-7-6-13(3)14(4)8-15/h6-12H,19H2,1-5H3. The van der Waals surface area contributed by atoms with Gasteiger partial charge in [0.2, 0.25) is 0 Å². The molecule has 0 fully saturated rings. The van der Waals surface area contributed by atoms with Gasteiger partial charge in [-0.1, -0.05) is 18.2 Å². The first-order valence-corrected chi connectivity index (χ1v) is 7.29. The maximum absolute atomic E-state index is 6.58. The highest BCUT2D eigenvalue weighted by Gasteiger charge is 2.25. The molecule has 0 radical (unpaired) electrons. The number of aromatic nitrogens is 1. The first-order valence-electron chi connectivity index (χ1n) is 7.29. The number of hydrogen-bond acceptors (Lipinski definition) is 3. The third kappa shape index (κ3) is 3.42. The second-order valence-electron chi connectivity index (χ2n) is 6.08. The Kier molecular flexibility index (Phi) is 4.33. The van der Waals surface area contributed by atoms with Crippen molar-refractivity contribution in [2.24, 2.45) is 5.73 Å². The highest BCUT2D eigenvalue weighted by molar-refractivity contribution is 5.41. The molecule has 1 aromatic heterocycles. The van der Waals surface area contributed by atoms with E-state index in [4.69, 9.17) is 10.5 Å². The van der Waals surface area contributed by atoms with Crippen LogP contribution in [0.1, 0.15) is 43.0 Å².